The lowest BCUT2D eigenvalue weighted by Crippen LogP contribution is -2.44. The molecule has 1 fully saturated rings. The molecule has 0 saturated carbocycles. The Morgan fingerprint density at radius 2 is 1.73 bits per heavy atom. The third-order valence-corrected chi connectivity index (χ3v) is 4.00. The fourth-order valence-electron chi connectivity index (χ4n) is 2.76. The Bertz CT molecular complexity index is 577. The molecule has 1 saturated heterocycles. The molecule has 0 atom stereocenters. The second kappa shape index (κ2) is 8.13. The Hall–Kier alpha value is -1.62. The predicted molar refractivity (Wildman–Crippen MR) is 89.6 cm³/mol. The van der Waals surface area contributed by atoms with Crippen LogP contribution in [0.25, 0.3) is 10.8 Å². The maximum atomic E-state index is 5.86. The largest absolute Gasteiger partial charge is 0.491 e. The summed E-state index contributed by atoms with van der Waals surface area (Å²) < 4.78 is 11.5. The molecule has 2 aromatic carbocycles. The van der Waals surface area contributed by atoms with E-state index in [1.807, 2.05) is 24.3 Å². The van der Waals surface area contributed by atoms with Gasteiger partial charge in [-0.3, -0.25) is 4.90 Å². The molecule has 0 bridgehead atoms. The molecule has 1 aliphatic rings. The molecular weight excluding hydrogens is 276 g/mol. The lowest BCUT2D eigenvalue weighted by atomic mass is 10.1. The van der Waals surface area contributed by atoms with Crippen LogP contribution in [0.5, 0.6) is 5.75 Å². The van der Waals surface area contributed by atoms with Gasteiger partial charge in [-0.2, -0.15) is 0 Å². The molecule has 0 spiro atoms. The average Bonchev–Trinajstić information content (AvgIpc) is 2.59. The molecule has 4 nitrogen and oxygen atoms in total. The molecule has 3 rings (SSSR count). The van der Waals surface area contributed by atoms with Crippen LogP contribution >= 0.6 is 0 Å². The summed E-state index contributed by atoms with van der Waals surface area (Å²) in [5.74, 6) is 0.934. The first-order valence-electron chi connectivity index (χ1n) is 8.05. The number of benzene rings is 2. The summed E-state index contributed by atoms with van der Waals surface area (Å²) in [7, 11) is 0. The number of piperazine rings is 1. The number of hydrogen-bond donors (Lipinski definition) is 1. The van der Waals surface area contributed by atoms with Crippen molar-refractivity contribution in [3.05, 3.63) is 42.5 Å². The summed E-state index contributed by atoms with van der Waals surface area (Å²) >= 11 is 0. The summed E-state index contributed by atoms with van der Waals surface area (Å²) in [6.07, 6.45) is 0. The van der Waals surface area contributed by atoms with Crippen LogP contribution in [-0.4, -0.2) is 57.4 Å². The summed E-state index contributed by atoms with van der Waals surface area (Å²) in [6, 6.07) is 14.4. The quantitative estimate of drug-likeness (QED) is 0.794. The number of nitrogens with zero attached hydrogens (tertiary/aromatic N) is 1. The van der Waals surface area contributed by atoms with Crippen molar-refractivity contribution in [2.45, 2.75) is 0 Å². The molecule has 1 N–H and O–H groups in total. The van der Waals surface area contributed by atoms with Crippen molar-refractivity contribution in [2.24, 2.45) is 0 Å². The Kier molecular flexibility index (Phi) is 5.65. The van der Waals surface area contributed by atoms with Crippen molar-refractivity contribution in [3.8, 4) is 5.75 Å². The van der Waals surface area contributed by atoms with E-state index in [0.29, 0.717) is 13.2 Å². The SMILES string of the molecule is c1ccc2c(OCCOCCN3CCNCC3)cccc2c1. The van der Waals surface area contributed by atoms with E-state index in [2.05, 4.69) is 28.4 Å². The normalized spacial score (nSPS) is 16.0. The van der Waals surface area contributed by atoms with E-state index in [0.717, 1.165) is 50.5 Å². The van der Waals surface area contributed by atoms with Crippen LogP contribution in [0.1, 0.15) is 0 Å². The van der Waals surface area contributed by atoms with E-state index < -0.39 is 0 Å². The molecule has 4 heteroatoms. The highest BCUT2D eigenvalue weighted by atomic mass is 16.5. The van der Waals surface area contributed by atoms with Crippen molar-refractivity contribution in [3.63, 3.8) is 0 Å². The minimum atomic E-state index is 0.593. The van der Waals surface area contributed by atoms with E-state index >= 15 is 0 Å². The fraction of sp³-hybridized carbons (Fsp3) is 0.444. The molecule has 1 aliphatic heterocycles. The van der Waals surface area contributed by atoms with Crippen molar-refractivity contribution >= 4 is 10.8 Å². The number of rotatable bonds is 7. The Morgan fingerprint density at radius 3 is 2.64 bits per heavy atom. The van der Waals surface area contributed by atoms with Gasteiger partial charge in [0.15, 0.2) is 0 Å². The lowest BCUT2D eigenvalue weighted by molar-refractivity contribution is 0.0771. The van der Waals surface area contributed by atoms with Crippen LogP contribution in [0.3, 0.4) is 0 Å². The van der Waals surface area contributed by atoms with E-state index in [1.165, 1.54) is 5.39 Å². The highest BCUT2D eigenvalue weighted by Crippen LogP contribution is 2.24. The van der Waals surface area contributed by atoms with E-state index in [9.17, 15) is 0 Å². The maximum absolute atomic E-state index is 5.86. The van der Waals surface area contributed by atoms with Gasteiger partial charge in [-0.05, 0) is 11.5 Å². The van der Waals surface area contributed by atoms with Gasteiger partial charge in [-0.25, -0.2) is 0 Å². The van der Waals surface area contributed by atoms with E-state index in [1.54, 1.807) is 0 Å². The maximum Gasteiger partial charge on any atom is 0.127 e. The monoisotopic (exact) mass is 300 g/mol. The van der Waals surface area contributed by atoms with Gasteiger partial charge in [0.25, 0.3) is 0 Å². The van der Waals surface area contributed by atoms with Crippen LogP contribution in [0.15, 0.2) is 42.5 Å². The van der Waals surface area contributed by atoms with Crippen LogP contribution in [-0.2, 0) is 4.74 Å². The molecule has 0 aromatic heterocycles. The minimum absolute atomic E-state index is 0.593. The Morgan fingerprint density at radius 1 is 0.909 bits per heavy atom. The molecule has 22 heavy (non-hydrogen) atoms. The molecule has 0 aliphatic carbocycles. The van der Waals surface area contributed by atoms with Gasteiger partial charge >= 0.3 is 0 Å². The van der Waals surface area contributed by atoms with Crippen LogP contribution in [0, 0.1) is 0 Å². The Balaban J connectivity index is 1.37. The summed E-state index contributed by atoms with van der Waals surface area (Å²) in [5.41, 5.74) is 0. The fourth-order valence-corrected chi connectivity index (χ4v) is 2.76. The summed E-state index contributed by atoms with van der Waals surface area (Å²) in [4.78, 5) is 2.43. The summed E-state index contributed by atoms with van der Waals surface area (Å²) in [5, 5.41) is 5.72. The van der Waals surface area contributed by atoms with Crippen molar-refractivity contribution in [1.29, 1.82) is 0 Å². The van der Waals surface area contributed by atoms with Crippen molar-refractivity contribution in [1.82, 2.24) is 10.2 Å². The smallest absolute Gasteiger partial charge is 0.127 e. The van der Waals surface area contributed by atoms with Gasteiger partial charge in [-0.1, -0.05) is 36.4 Å². The van der Waals surface area contributed by atoms with Gasteiger partial charge in [0.05, 0.1) is 13.2 Å². The molecule has 2 aromatic rings. The van der Waals surface area contributed by atoms with Gasteiger partial charge in [-0.15, -0.1) is 0 Å². The highest BCUT2D eigenvalue weighted by Gasteiger charge is 2.08. The third kappa shape index (κ3) is 4.19. The molecule has 0 amide bonds. The zero-order valence-electron chi connectivity index (χ0n) is 13.0. The lowest BCUT2D eigenvalue weighted by Gasteiger charge is -2.26. The van der Waals surface area contributed by atoms with Crippen LogP contribution in [0.4, 0.5) is 0 Å². The first-order valence-corrected chi connectivity index (χ1v) is 8.05. The van der Waals surface area contributed by atoms with E-state index in [-0.39, 0.29) is 0 Å². The van der Waals surface area contributed by atoms with Gasteiger partial charge in [0, 0.05) is 38.1 Å². The average molecular weight is 300 g/mol. The molecule has 118 valence electrons. The van der Waals surface area contributed by atoms with Gasteiger partial charge in [0.1, 0.15) is 12.4 Å². The second-order valence-corrected chi connectivity index (χ2v) is 5.53. The standard InChI is InChI=1S/C18H24N2O2/c1-2-6-17-16(4-1)5-3-7-18(17)22-15-14-21-13-12-20-10-8-19-9-11-20/h1-7,19H,8-15H2. The van der Waals surface area contributed by atoms with E-state index in [4.69, 9.17) is 9.47 Å². The number of hydrogen-bond acceptors (Lipinski definition) is 4. The third-order valence-electron chi connectivity index (χ3n) is 4.00. The van der Waals surface area contributed by atoms with Crippen molar-refractivity contribution < 1.29 is 9.47 Å². The predicted octanol–water partition coefficient (Wildman–Crippen LogP) is 2.14. The van der Waals surface area contributed by atoms with Gasteiger partial charge in [0.2, 0.25) is 0 Å². The first kappa shape index (κ1) is 15.3. The topological polar surface area (TPSA) is 33.7 Å². The van der Waals surface area contributed by atoms with Crippen LogP contribution in [0.2, 0.25) is 0 Å². The summed E-state index contributed by atoms with van der Waals surface area (Å²) in [6.45, 7) is 7.43. The molecular formula is C18H24N2O2. The second-order valence-electron chi connectivity index (χ2n) is 5.53. The molecule has 0 unspecified atom stereocenters. The highest BCUT2D eigenvalue weighted by molar-refractivity contribution is 5.88. The number of fused-ring (bicyclic) bond motifs is 1. The Labute approximate surface area is 132 Å². The van der Waals surface area contributed by atoms with Crippen LogP contribution < -0.4 is 10.1 Å². The minimum Gasteiger partial charge on any atom is -0.491 e. The van der Waals surface area contributed by atoms with Gasteiger partial charge < -0.3 is 14.8 Å². The zero-order chi connectivity index (χ0) is 15.0. The zero-order valence-corrected chi connectivity index (χ0v) is 13.0. The molecule has 1 heterocycles. The first-order chi connectivity index (χ1) is 10.9. The van der Waals surface area contributed by atoms with Crippen molar-refractivity contribution in [2.75, 3.05) is 52.5 Å². The number of nitrogens with one attached hydrogen (secondary N) is 1. The number of ether oxygens (including phenoxy) is 2. The molecule has 0 radical (unpaired) electrons.